The maximum atomic E-state index is 12.0. The number of carboxylic acids is 1. The van der Waals surface area contributed by atoms with Gasteiger partial charge in [0.1, 0.15) is 24.7 Å². The summed E-state index contributed by atoms with van der Waals surface area (Å²) in [7, 11) is 1.67. The second kappa shape index (κ2) is 61.6. The van der Waals surface area contributed by atoms with E-state index in [4.69, 9.17) is 66.7 Å². The van der Waals surface area contributed by atoms with E-state index >= 15 is 0 Å². The summed E-state index contributed by atoms with van der Waals surface area (Å²) in [6.07, 6.45) is 23.5. The number of carbonyl (C=O) groups excluding carboxylic acids is 1. The van der Waals surface area contributed by atoms with Gasteiger partial charge >= 0.3 is 5.97 Å². The van der Waals surface area contributed by atoms with Crippen molar-refractivity contribution in [3.63, 3.8) is 0 Å². The van der Waals surface area contributed by atoms with Crippen molar-refractivity contribution in [2.45, 2.75) is 116 Å². The van der Waals surface area contributed by atoms with Gasteiger partial charge < -0.3 is 72.0 Å². The van der Waals surface area contributed by atoms with Crippen LogP contribution in [0.15, 0.2) is 24.3 Å². The summed E-state index contributed by atoms with van der Waals surface area (Å²) in [6, 6.07) is 7.05. The highest BCUT2D eigenvalue weighted by molar-refractivity contribution is 7.80. The first-order chi connectivity index (χ1) is 35.5. The van der Waals surface area contributed by atoms with E-state index in [-0.39, 0.29) is 25.7 Å². The van der Waals surface area contributed by atoms with E-state index in [1.165, 1.54) is 109 Å². The van der Waals surface area contributed by atoms with Gasteiger partial charge in [0, 0.05) is 26.9 Å². The molecule has 1 rings (SSSR count). The number of unbranched alkanes of at least 4 members (excludes halogenated alkanes) is 16. The van der Waals surface area contributed by atoms with Crippen molar-refractivity contribution in [2.24, 2.45) is 0 Å². The van der Waals surface area contributed by atoms with Crippen molar-refractivity contribution >= 4 is 37.1 Å². The largest absolute Gasteiger partial charge is 0.491 e. The van der Waals surface area contributed by atoms with E-state index in [1.54, 1.807) is 31.4 Å². The van der Waals surface area contributed by atoms with Crippen molar-refractivity contribution in [3.8, 4) is 11.5 Å². The average molecular weight is 1070 g/mol. The molecular formula is C53H99NO16S2. The minimum absolute atomic E-state index is 0.107. The molecule has 424 valence electrons. The molecule has 72 heavy (non-hydrogen) atoms. The molecule has 0 aromatic heterocycles. The van der Waals surface area contributed by atoms with E-state index < -0.39 is 5.97 Å². The summed E-state index contributed by atoms with van der Waals surface area (Å²) in [5.41, 5.74) is 0. The number of carbonyl (C=O) groups is 2. The third-order valence-electron chi connectivity index (χ3n) is 10.4. The Morgan fingerprint density at radius 2 is 0.681 bits per heavy atom. The molecular weight excluding hydrogens is 971 g/mol. The lowest BCUT2D eigenvalue weighted by atomic mass is 10.1. The fourth-order valence-corrected chi connectivity index (χ4v) is 6.91. The van der Waals surface area contributed by atoms with Crippen LogP contribution in [0.5, 0.6) is 11.5 Å². The Hall–Kier alpha value is -1.98. The summed E-state index contributed by atoms with van der Waals surface area (Å²) in [4.78, 5) is 22.3. The van der Waals surface area contributed by atoms with Crippen molar-refractivity contribution < 1.29 is 76.3 Å². The molecule has 2 N–H and O–H groups in total. The van der Waals surface area contributed by atoms with E-state index in [0.29, 0.717) is 137 Å². The maximum absolute atomic E-state index is 12.0. The predicted molar refractivity (Wildman–Crippen MR) is 289 cm³/mol. The third kappa shape index (κ3) is 58.9. The van der Waals surface area contributed by atoms with Gasteiger partial charge in [0.2, 0.25) is 0 Å². The van der Waals surface area contributed by atoms with Gasteiger partial charge in [-0.3, -0.25) is 4.79 Å². The number of carboxylic acid groups (broad SMARTS) is 1. The molecule has 0 saturated heterocycles. The van der Waals surface area contributed by atoms with Gasteiger partial charge in [0.25, 0.3) is 5.91 Å². The van der Waals surface area contributed by atoms with Crippen LogP contribution < -0.4 is 14.8 Å². The van der Waals surface area contributed by atoms with Gasteiger partial charge in [-0.2, -0.15) is 25.3 Å². The minimum Gasteiger partial charge on any atom is -0.491 e. The Bertz CT molecular complexity index is 1210. The average Bonchev–Trinajstić information content (AvgIpc) is 3.38. The highest BCUT2D eigenvalue weighted by Crippen LogP contribution is 2.17. The van der Waals surface area contributed by atoms with E-state index in [0.717, 1.165) is 31.1 Å². The SMILES string of the molecule is COCCOCCOCCOCCCCCCCCCCCS.O=C(O)COCCOCCOCCOCCNC(=O)COc1ccc(OCCOCCOCCOCCCCCCCCCCCS)cc1. The van der Waals surface area contributed by atoms with Gasteiger partial charge in [0.05, 0.1) is 119 Å². The van der Waals surface area contributed by atoms with Crippen LogP contribution in [0.2, 0.25) is 0 Å². The summed E-state index contributed by atoms with van der Waals surface area (Å²) in [5, 5.41) is 11.2. The minimum atomic E-state index is -1.01. The zero-order chi connectivity index (χ0) is 52.2. The number of rotatable bonds is 58. The molecule has 0 spiro atoms. The van der Waals surface area contributed by atoms with Crippen molar-refractivity contribution in [2.75, 3.05) is 177 Å². The Morgan fingerprint density at radius 1 is 0.375 bits per heavy atom. The number of nitrogens with one attached hydrogen (secondary N) is 1. The van der Waals surface area contributed by atoms with E-state index in [1.807, 2.05) is 0 Å². The molecule has 19 heteroatoms. The molecule has 0 aliphatic rings. The quantitative estimate of drug-likeness (QED) is 0.0360. The summed E-state index contributed by atoms with van der Waals surface area (Å²) in [6.45, 7) is 10.9. The van der Waals surface area contributed by atoms with Crippen molar-refractivity contribution in [1.29, 1.82) is 0 Å². The first kappa shape index (κ1) is 70.0. The maximum Gasteiger partial charge on any atom is 0.329 e. The molecule has 0 unspecified atom stereocenters. The molecule has 1 aromatic rings. The van der Waals surface area contributed by atoms with Crippen molar-refractivity contribution in [1.82, 2.24) is 5.32 Å². The monoisotopic (exact) mass is 1070 g/mol. The van der Waals surface area contributed by atoms with Crippen LogP contribution in [-0.2, 0) is 61.7 Å². The topological polar surface area (TPSA) is 186 Å². The summed E-state index contributed by atoms with van der Waals surface area (Å²) in [5.74, 6) is 2.03. The fourth-order valence-electron chi connectivity index (χ4n) is 6.47. The molecule has 0 fully saturated rings. The third-order valence-corrected chi connectivity index (χ3v) is 11.0. The first-order valence-electron chi connectivity index (χ1n) is 26.9. The number of benzene rings is 1. The molecule has 1 amide bonds. The van der Waals surface area contributed by atoms with E-state index in [9.17, 15) is 9.59 Å². The van der Waals surface area contributed by atoms with Crippen LogP contribution in [-0.4, -0.2) is 194 Å². The van der Waals surface area contributed by atoms with Gasteiger partial charge in [-0.1, -0.05) is 89.9 Å². The Morgan fingerprint density at radius 3 is 1.06 bits per heavy atom. The molecule has 1 aromatic carbocycles. The van der Waals surface area contributed by atoms with Crippen LogP contribution in [0.25, 0.3) is 0 Å². The van der Waals surface area contributed by atoms with E-state index in [2.05, 4.69) is 30.6 Å². The number of thiol groups is 2. The summed E-state index contributed by atoms with van der Waals surface area (Å²) >= 11 is 8.48. The molecule has 0 atom stereocenters. The highest BCUT2D eigenvalue weighted by atomic mass is 32.1. The molecule has 0 bridgehead atoms. The number of aliphatic carboxylic acids is 1. The number of ether oxygens (including phenoxy) is 13. The molecule has 17 nitrogen and oxygen atoms in total. The van der Waals surface area contributed by atoms with Crippen LogP contribution in [0.3, 0.4) is 0 Å². The second-order valence-corrected chi connectivity index (χ2v) is 17.6. The zero-order valence-corrected chi connectivity index (χ0v) is 46.2. The number of hydrogen-bond acceptors (Lipinski definition) is 17. The number of hydrogen-bond donors (Lipinski definition) is 4. The molecule has 0 aliphatic heterocycles. The normalized spacial score (nSPS) is 11.2. The molecule has 0 aliphatic carbocycles. The lowest BCUT2D eigenvalue weighted by Crippen LogP contribution is -2.31. The first-order valence-corrected chi connectivity index (χ1v) is 28.1. The lowest BCUT2D eigenvalue weighted by Gasteiger charge is -2.10. The highest BCUT2D eigenvalue weighted by Gasteiger charge is 2.04. The van der Waals surface area contributed by atoms with Gasteiger partial charge in [-0.15, -0.1) is 0 Å². The Labute approximate surface area is 445 Å². The molecule has 0 heterocycles. The lowest BCUT2D eigenvalue weighted by molar-refractivity contribution is -0.142. The molecule has 0 radical (unpaired) electrons. The van der Waals surface area contributed by atoms with Crippen molar-refractivity contribution in [3.05, 3.63) is 24.3 Å². The smallest absolute Gasteiger partial charge is 0.329 e. The Kier molecular flexibility index (Phi) is 59.9. The fraction of sp³-hybridized carbons (Fsp3) is 0.849. The second-order valence-electron chi connectivity index (χ2n) is 16.7. The number of amides is 1. The standard InChI is InChI=1S/C35H61NO12S.C18H38O4S/c37-34(36-14-16-41-18-20-43-21-22-44-25-26-46-31-35(38)39)30-48-33-12-10-32(11-13-33)47-28-27-45-24-23-42-19-17-40-15-8-6-4-2-1-3-5-7-9-29-49;1-19-12-13-21-16-17-22-15-14-20-11-9-7-5-3-2-4-6-8-10-18-23/h10-13,49H,1-9,14-31H2,(H,36,37)(H,38,39);23H,2-18H2,1H3. The van der Waals surface area contributed by atoms with Gasteiger partial charge in [-0.05, 0) is 61.5 Å². The van der Waals surface area contributed by atoms with Gasteiger partial charge in [-0.25, -0.2) is 4.79 Å². The van der Waals surface area contributed by atoms with Crippen LogP contribution in [0.1, 0.15) is 116 Å². The van der Waals surface area contributed by atoms with Gasteiger partial charge in [0.15, 0.2) is 6.61 Å². The van der Waals surface area contributed by atoms with Crippen LogP contribution in [0, 0.1) is 0 Å². The van der Waals surface area contributed by atoms with Crippen LogP contribution >= 0.6 is 25.3 Å². The summed E-state index contributed by atoms with van der Waals surface area (Å²) < 4.78 is 70.0. The predicted octanol–water partition coefficient (Wildman–Crippen LogP) is 8.33. The zero-order valence-electron chi connectivity index (χ0n) is 44.4. The number of methoxy groups -OCH3 is 1. The Balaban J connectivity index is 0.00000183. The molecule has 0 saturated carbocycles. The van der Waals surface area contributed by atoms with Crippen LogP contribution in [0.4, 0.5) is 0 Å².